The van der Waals surface area contributed by atoms with Gasteiger partial charge in [0, 0.05) is 72.9 Å². The Hall–Kier alpha value is -4.54. The third-order valence-electron chi connectivity index (χ3n) is 6.99. The zero-order valence-corrected chi connectivity index (χ0v) is 22.1. The highest BCUT2D eigenvalue weighted by Gasteiger charge is 2.23. The van der Waals surface area contributed by atoms with Gasteiger partial charge in [0.05, 0.1) is 22.4 Å². The normalized spacial score (nSPS) is 13.7. The van der Waals surface area contributed by atoms with Crippen LogP contribution in [0.1, 0.15) is 28.9 Å². The minimum atomic E-state index is 0.0386. The van der Waals surface area contributed by atoms with Gasteiger partial charge in [0.2, 0.25) is 0 Å². The lowest BCUT2D eigenvalue weighted by atomic mass is 9.96. The van der Waals surface area contributed by atoms with Crippen molar-refractivity contribution >= 4 is 28.4 Å². The Morgan fingerprint density at radius 1 is 1.03 bits per heavy atom. The van der Waals surface area contributed by atoms with Crippen molar-refractivity contribution in [3.8, 4) is 34.2 Å². The molecule has 1 aliphatic heterocycles. The van der Waals surface area contributed by atoms with Gasteiger partial charge in [-0.25, -0.2) is 4.98 Å². The smallest absolute Gasteiger partial charge is 0.253 e. The molecular weight excluding hydrogens is 508 g/mol. The number of rotatable bonds is 3. The summed E-state index contributed by atoms with van der Waals surface area (Å²) in [6.07, 6.45) is 10.5. The topological polar surface area (TPSA) is 76.8 Å². The number of nitrogens with zero attached hydrogens (tertiary/aromatic N) is 6. The summed E-state index contributed by atoms with van der Waals surface area (Å²) in [5.74, 6) is 6.99. The second-order valence-corrected chi connectivity index (χ2v) is 10.0. The van der Waals surface area contributed by atoms with Crippen LogP contribution in [0.15, 0.2) is 79.5 Å². The number of hydrogen-bond acceptors (Lipinski definition) is 5. The van der Waals surface area contributed by atoms with Crippen LogP contribution in [0.4, 0.5) is 0 Å². The number of piperidine rings is 1. The zero-order valence-electron chi connectivity index (χ0n) is 21.4. The van der Waals surface area contributed by atoms with Crippen molar-refractivity contribution in [1.82, 2.24) is 29.6 Å². The minimum Gasteiger partial charge on any atom is -0.339 e. The van der Waals surface area contributed by atoms with Gasteiger partial charge in [-0.3, -0.25) is 19.4 Å². The standard InChI is InChI=1S/C31H25ClN6O/c1-37-20-24(18-35-37)29-17-30-26(3-2-13-34-30)28(36-29)9-4-21-11-15-38(16-12-21)31(39)23-7-5-22(6-8-23)25-10-14-33-19-27(25)32/h2-3,5-8,10,13-14,17-21H,11-12,15-16H2,1H3. The average molecular weight is 533 g/mol. The zero-order chi connectivity index (χ0) is 26.8. The van der Waals surface area contributed by atoms with E-state index < -0.39 is 0 Å². The van der Waals surface area contributed by atoms with Crippen LogP contribution < -0.4 is 0 Å². The van der Waals surface area contributed by atoms with Gasteiger partial charge in [0.1, 0.15) is 5.69 Å². The molecule has 4 aromatic heterocycles. The second kappa shape index (κ2) is 10.7. The van der Waals surface area contributed by atoms with Crippen LogP contribution in [0, 0.1) is 17.8 Å². The largest absolute Gasteiger partial charge is 0.339 e. The summed E-state index contributed by atoms with van der Waals surface area (Å²) >= 11 is 6.27. The number of aromatic nitrogens is 5. The number of amides is 1. The Morgan fingerprint density at radius 3 is 2.59 bits per heavy atom. The lowest BCUT2D eigenvalue weighted by molar-refractivity contribution is 0.0708. The fourth-order valence-electron chi connectivity index (χ4n) is 4.85. The maximum Gasteiger partial charge on any atom is 0.253 e. The predicted octanol–water partition coefficient (Wildman–Crippen LogP) is 5.65. The van der Waals surface area contributed by atoms with E-state index in [1.165, 1.54) is 0 Å². The van der Waals surface area contributed by atoms with E-state index in [2.05, 4.69) is 26.9 Å². The molecule has 192 valence electrons. The summed E-state index contributed by atoms with van der Waals surface area (Å²) in [5, 5.41) is 5.79. The quantitative estimate of drug-likeness (QED) is 0.281. The van der Waals surface area contributed by atoms with Gasteiger partial charge in [-0.05, 0) is 60.7 Å². The predicted molar refractivity (Wildman–Crippen MR) is 152 cm³/mol. The highest BCUT2D eigenvalue weighted by Crippen LogP contribution is 2.28. The first-order valence-corrected chi connectivity index (χ1v) is 13.2. The van der Waals surface area contributed by atoms with Gasteiger partial charge in [-0.15, -0.1) is 0 Å². The van der Waals surface area contributed by atoms with Crippen molar-refractivity contribution in [1.29, 1.82) is 0 Å². The summed E-state index contributed by atoms with van der Waals surface area (Å²) in [7, 11) is 1.88. The lowest BCUT2D eigenvalue weighted by Crippen LogP contribution is -2.38. The number of carbonyl (C=O) groups excluding carboxylic acids is 1. The van der Waals surface area contributed by atoms with Gasteiger partial charge < -0.3 is 4.90 Å². The summed E-state index contributed by atoms with van der Waals surface area (Å²) in [6, 6.07) is 15.3. The summed E-state index contributed by atoms with van der Waals surface area (Å²) in [5.41, 5.74) is 5.82. The maximum atomic E-state index is 13.2. The van der Waals surface area contributed by atoms with Crippen molar-refractivity contribution in [3.05, 3.63) is 95.8 Å². The molecule has 7 nitrogen and oxygen atoms in total. The number of pyridine rings is 3. The molecule has 1 fully saturated rings. The molecule has 0 atom stereocenters. The van der Waals surface area contributed by atoms with Gasteiger partial charge in [0.25, 0.3) is 5.91 Å². The molecule has 1 saturated heterocycles. The lowest BCUT2D eigenvalue weighted by Gasteiger charge is -2.30. The molecule has 39 heavy (non-hydrogen) atoms. The third-order valence-corrected chi connectivity index (χ3v) is 7.29. The van der Waals surface area contributed by atoms with E-state index in [1.807, 2.05) is 66.7 Å². The first-order valence-electron chi connectivity index (χ1n) is 12.8. The molecule has 6 rings (SSSR count). The van der Waals surface area contributed by atoms with E-state index in [9.17, 15) is 4.79 Å². The molecule has 1 aliphatic rings. The molecule has 0 unspecified atom stereocenters. The molecule has 5 heterocycles. The van der Waals surface area contributed by atoms with Crippen molar-refractivity contribution in [2.45, 2.75) is 12.8 Å². The number of hydrogen-bond donors (Lipinski definition) is 0. The van der Waals surface area contributed by atoms with Crippen LogP contribution >= 0.6 is 11.6 Å². The first kappa shape index (κ1) is 24.8. The SMILES string of the molecule is Cn1cc(-c2cc3ncccc3c(C#CC3CCN(C(=O)c4ccc(-c5ccncc5Cl)cc4)CC3)n2)cn1. The van der Waals surface area contributed by atoms with Crippen molar-refractivity contribution in [2.75, 3.05) is 13.1 Å². The van der Waals surface area contributed by atoms with Gasteiger partial charge in [-0.2, -0.15) is 5.10 Å². The molecule has 8 heteroatoms. The molecule has 5 aromatic rings. The molecule has 0 aliphatic carbocycles. The fraction of sp³-hybridized carbons (Fsp3) is 0.194. The highest BCUT2D eigenvalue weighted by molar-refractivity contribution is 6.33. The minimum absolute atomic E-state index is 0.0386. The molecule has 0 saturated carbocycles. The number of carbonyl (C=O) groups is 1. The number of halogens is 1. The Balaban J connectivity index is 1.15. The Bertz CT molecular complexity index is 1730. The van der Waals surface area contributed by atoms with Crippen LogP contribution in [0.2, 0.25) is 5.02 Å². The van der Waals surface area contributed by atoms with Gasteiger partial charge in [0.15, 0.2) is 0 Å². The molecular formula is C31H25ClN6O. The van der Waals surface area contributed by atoms with Crippen molar-refractivity contribution < 1.29 is 4.79 Å². The molecule has 0 radical (unpaired) electrons. The van der Waals surface area contributed by atoms with Gasteiger partial charge in [-0.1, -0.05) is 29.7 Å². The molecule has 0 spiro atoms. The maximum absolute atomic E-state index is 13.2. The van der Waals surface area contributed by atoms with E-state index in [1.54, 1.807) is 29.5 Å². The molecule has 1 aromatic carbocycles. The number of aryl methyl sites for hydroxylation is 1. The summed E-state index contributed by atoms with van der Waals surface area (Å²) in [6.45, 7) is 1.34. The summed E-state index contributed by atoms with van der Waals surface area (Å²) in [4.78, 5) is 28.5. The van der Waals surface area contributed by atoms with Crippen LogP contribution in [-0.4, -0.2) is 48.6 Å². The molecule has 1 amide bonds. The van der Waals surface area contributed by atoms with Crippen molar-refractivity contribution in [3.63, 3.8) is 0 Å². The number of likely N-dealkylation sites (tertiary alicyclic amines) is 1. The number of fused-ring (bicyclic) bond motifs is 1. The van der Waals surface area contributed by atoms with E-state index in [0.29, 0.717) is 29.4 Å². The van der Waals surface area contributed by atoms with Crippen molar-refractivity contribution in [2.24, 2.45) is 13.0 Å². The Morgan fingerprint density at radius 2 is 1.85 bits per heavy atom. The summed E-state index contributed by atoms with van der Waals surface area (Å²) < 4.78 is 1.75. The molecule has 0 N–H and O–H groups in total. The Kier molecular flexibility index (Phi) is 6.78. The van der Waals surface area contributed by atoms with E-state index >= 15 is 0 Å². The van der Waals surface area contributed by atoms with E-state index in [-0.39, 0.29) is 11.8 Å². The van der Waals surface area contributed by atoms with E-state index in [4.69, 9.17) is 16.6 Å². The first-order chi connectivity index (χ1) is 19.0. The average Bonchev–Trinajstić information content (AvgIpc) is 3.42. The van der Waals surface area contributed by atoms with Gasteiger partial charge >= 0.3 is 0 Å². The van der Waals surface area contributed by atoms with Crippen LogP contribution in [0.5, 0.6) is 0 Å². The highest BCUT2D eigenvalue weighted by atomic mass is 35.5. The number of benzene rings is 1. The second-order valence-electron chi connectivity index (χ2n) is 9.60. The monoisotopic (exact) mass is 532 g/mol. The fourth-order valence-corrected chi connectivity index (χ4v) is 5.08. The van der Waals surface area contributed by atoms with Crippen LogP contribution in [0.3, 0.4) is 0 Å². The van der Waals surface area contributed by atoms with Crippen LogP contribution in [-0.2, 0) is 7.05 Å². The Labute approximate surface area is 231 Å². The third kappa shape index (κ3) is 5.25. The van der Waals surface area contributed by atoms with Crippen LogP contribution in [0.25, 0.3) is 33.3 Å². The van der Waals surface area contributed by atoms with E-state index in [0.717, 1.165) is 46.1 Å². The molecule has 0 bridgehead atoms.